The number of carbonyl (C=O) groups excluding carboxylic acids is 1. The lowest BCUT2D eigenvalue weighted by atomic mass is 10.0. The molecule has 1 aliphatic rings. The smallest absolute Gasteiger partial charge is 0.251 e. The minimum absolute atomic E-state index is 0.0210. The third-order valence-electron chi connectivity index (χ3n) is 4.22. The second-order valence-corrected chi connectivity index (χ2v) is 6.07. The molecule has 1 amide bonds. The molecule has 1 aromatic carbocycles. The predicted molar refractivity (Wildman–Crippen MR) is 90.3 cm³/mol. The van der Waals surface area contributed by atoms with Crippen LogP contribution in [-0.4, -0.2) is 30.6 Å². The van der Waals surface area contributed by atoms with Gasteiger partial charge in [-0.25, -0.2) is 0 Å². The van der Waals surface area contributed by atoms with Crippen molar-refractivity contribution in [3.05, 3.63) is 53.7 Å². The number of nitrogens with one attached hydrogen (secondary N) is 1. The Balaban J connectivity index is 1.55. The summed E-state index contributed by atoms with van der Waals surface area (Å²) in [6.07, 6.45) is 3.94. The van der Waals surface area contributed by atoms with Crippen LogP contribution in [0.4, 0.5) is 0 Å². The molecule has 2 aromatic rings. The Labute approximate surface area is 136 Å². The lowest BCUT2D eigenvalue weighted by Crippen LogP contribution is -2.26. The average molecular weight is 310 g/mol. The molecule has 1 aliphatic heterocycles. The molecule has 1 N–H and O–H groups in total. The molecule has 4 heteroatoms. The van der Waals surface area contributed by atoms with E-state index in [1.807, 2.05) is 49.5 Å². The van der Waals surface area contributed by atoms with E-state index in [1.165, 1.54) is 0 Å². The van der Waals surface area contributed by atoms with Crippen molar-refractivity contribution in [2.24, 2.45) is 5.92 Å². The van der Waals surface area contributed by atoms with Gasteiger partial charge in [-0.15, -0.1) is 0 Å². The van der Waals surface area contributed by atoms with Crippen LogP contribution in [0.15, 0.2) is 42.6 Å². The molecular weight excluding hydrogens is 288 g/mol. The zero-order valence-electron chi connectivity index (χ0n) is 13.4. The maximum absolute atomic E-state index is 12.2. The standard InChI is InChI=1S/C19H22N2O2/c1-14-2-7-18(21-12-14)16-3-5-17(6-4-16)19(22)20-10-8-15-9-11-23-13-15/h2-7,12,15H,8-11,13H2,1H3,(H,20,22)/t15-/m0/s1. The molecule has 0 aliphatic carbocycles. The number of aryl methyl sites for hydroxylation is 1. The molecule has 1 saturated heterocycles. The molecular formula is C19H22N2O2. The molecule has 0 spiro atoms. The third kappa shape index (κ3) is 4.17. The van der Waals surface area contributed by atoms with Crippen molar-refractivity contribution in [2.45, 2.75) is 19.8 Å². The van der Waals surface area contributed by atoms with Crippen LogP contribution >= 0.6 is 0 Å². The Morgan fingerprint density at radius 1 is 1.26 bits per heavy atom. The van der Waals surface area contributed by atoms with E-state index in [4.69, 9.17) is 4.74 Å². The minimum atomic E-state index is -0.0210. The first-order chi connectivity index (χ1) is 11.2. The quantitative estimate of drug-likeness (QED) is 0.922. The lowest BCUT2D eigenvalue weighted by Gasteiger charge is -2.09. The monoisotopic (exact) mass is 310 g/mol. The van der Waals surface area contributed by atoms with Gasteiger partial charge in [-0.05, 0) is 49.4 Å². The van der Waals surface area contributed by atoms with E-state index in [2.05, 4.69) is 10.3 Å². The van der Waals surface area contributed by atoms with Gasteiger partial charge in [0.2, 0.25) is 0 Å². The number of pyridine rings is 1. The zero-order chi connectivity index (χ0) is 16.1. The first kappa shape index (κ1) is 15.7. The van der Waals surface area contributed by atoms with Crippen molar-refractivity contribution in [1.82, 2.24) is 10.3 Å². The molecule has 2 heterocycles. The van der Waals surface area contributed by atoms with Crippen LogP contribution in [-0.2, 0) is 4.74 Å². The van der Waals surface area contributed by atoms with Crippen molar-refractivity contribution < 1.29 is 9.53 Å². The molecule has 0 bridgehead atoms. The summed E-state index contributed by atoms with van der Waals surface area (Å²) >= 11 is 0. The molecule has 4 nitrogen and oxygen atoms in total. The predicted octanol–water partition coefficient (Wildman–Crippen LogP) is 3.21. The summed E-state index contributed by atoms with van der Waals surface area (Å²) in [6, 6.07) is 11.6. The number of ether oxygens (including phenoxy) is 1. The second-order valence-electron chi connectivity index (χ2n) is 6.07. The van der Waals surface area contributed by atoms with Crippen molar-refractivity contribution in [3.63, 3.8) is 0 Å². The maximum atomic E-state index is 12.2. The SMILES string of the molecule is Cc1ccc(-c2ccc(C(=O)NCC[C@H]3CCOC3)cc2)nc1. The molecule has 0 saturated carbocycles. The maximum Gasteiger partial charge on any atom is 0.251 e. The number of aromatic nitrogens is 1. The molecule has 0 unspecified atom stereocenters. The molecule has 3 rings (SSSR count). The zero-order valence-corrected chi connectivity index (χ0v) is 13.4. The second kappa shape index (κ2) is 7.38. The van der Waals surface area contributed by atoms with Gasteiger partial charge in [0.25, 0.3) is 5.91 Å². The molecule has 120 valence electrons. The Morgan fingerprint density at radius 3 is 2.74 bits per heavy atom. The van der Waals surface area contributed by atoms with Crippen molar-refractivity contribution in [2.75, 3.05) is 19.8 Å². The summed E-state index contributed by atoms with van der Waals surface area (Å²) in [5, 5.41) is 2.98. The van der Waals surface area contributed by atoms with Crippen LogP contribution in [0.1, 0.15) is 28.8 Å². The molecule has 23 heavy (non-hydrogen) atoms. The number of amides is 1. The number of hydrogen-bond donors (Lipinski definition) is 1. The first-order valence-corrected chi connectivity index (χ1v) is 8.11. The number of nitrogens with zero attached hydrogens (tertiary/aromatic N) is 1. The van der Waals surface area contributed by atoms with Crippen molar-refractivity contribution >= 4 is 5.91 Å². The summed E-state index contributed by atoms with van der Waals surface area (Å²) in [5.41, 5.74) is 3.76. The van der Waals surface area contributed by atoms with E-state index in [0.717, 1.165) is 42.9 Å². The van der Waals surface area contributed by atoms with Crippen LogP contribution in [0.25, 0.3) is 11.3 Å². The van der Waals surface area contributed by atoms with E-state index in [1.54, 1.807) is 0 Å². The summed E-state index contributed by atoms with van der Waals surface area (Å²) in [5.74, 6) is 0.567. The fraction of sp³-hybridized carbons (Fsp3) is 0.368. The van der Waals surface area contributed by atoms with Gasteiger partial charge in [-0.2, -0.15) is 0 Å². The van der Waals surface area contributed by atoms with Gasteiger partial charge in [0.1, 0.15) is 0 Å². The highest BCUT2D eigenvalue weighted by Gasteiger charge is 2.15. The fourth-order valence-electron chi connectivity index (χ4n) is 2.73. The van der Waals surface area contributed by atoms with Gasteiger partial charge >= 0.3 is 0 Å². The third-order valence-corrected chi connectivity index (χ3v) is 4.22. The van der Waals surface area contributed by atoms with E-state index in [-0.39, 0.29) is 5.91 Å². The normalized spacial score (nSPS) is 17.2. The van der Waals surface area contributed by atoms with E-state index in [9.17, 15) is 4.79 Å². The molecule has 1 fully saturated rings. The van der Waals surface area contributed by atoms with Crippen LogP contribution < -0.4 is 5.32 Å². The Kier molecular flexibility index (Phi) is 5.03. The lowest BCUT2D eigenvalue weighted by molar-refractivity contribution is 0.0950. The van der Waals surface area contributed by atoms with Gasteiger partial charge in [0, 0.05) is 37.1 Å². The van der Waals surface area contributed by atoms with Crippen molar-refractivity contribution in [1.29, 1.82) is 0 Å². The van der Waals surface area contributed by atoms with Gasteiger partial charge in [-0.3, -0.25) is 9.78 Å². The number of rotatable bonds is 5. The summed E-state index contributed by atoms with van der Waals surface area (Å²) in [6.45, 7) is 4.40. The van der Waals surface area contributed by atoms with E-state index >= 15 is 0 Å². The molecule has 0 radical (unpaired) electrons. The number of hydrogen-bond acceptors (Lipinski definition) is 3. The topological polar surface area (TPSA) is 51.2 Å². The highest BCUT2D eigenvalue weighted by atomic mass is 16.5. The Hall–Kier alpha value is -2.20. The Bertz CT molecular complexity index is 644. The van der Waals surface area contributed by atoms with Gasteiger partial charge in [0.15, 0.2) is 0 Å². The number of carbonyl (C=O) groups is 1. The van der Waals surface area contributed by atoms with Crippen LogP contribution in [0.2, 0.25) is 0 Å². The fourth-order valence-corrected chi connectivity index (χ4v) is 2.73. The highest BCUT2D eigenvalue weighted by molar-refractivity contribution is 5.94. The minimum Gasteiger partial charge on any atom is -0.381 e. The van der Waals surface area contributed by atoms with E-state index < -0.39 is 0 Å². The van der Waals surface area contributed by atoms with Crippen LogP contribution in [0, 0.1) is 12.8 Å². The summed E-state index contributed by atoms with van der Waals surface area (Å²) in [7, 11) is 0. The summed E-state index contributed by atoms with van der Waals surface area (Å²) in [4.78, 5) is 16.6. The summed E-state index contributed by atoms with van der Waals surface area (Å²) < 4.78 is 5.34. The van der Waals surface area contributed by atoms with Gasteiger partial charge in [0.05, 0.1) is 5.69 Å². The van der Waals surface area contributed by atoms with E-state index in [0.29, 0.717) is 18.0 Å². The molecule has 1 aromatic heterocycles. The Morgan fingerprint density at radius 2 is 2.09 bits per heavy atom. The van der Waals surface area contributed by atoms with Crippen molar-refractivity contribution in [3.8, 4) is 11.3 Å². The number of benzene rings is 1. The molecule has 1 atom stereocenters. The highest BCUT2D eigenvalue weighted by Crippen LogP contribution is 2.18. The average Bonchev–Trinajstić information content (AvgIpc) is 3.09. The first-order valence-electron chi connectivity index (χ1n) is 8.11. The largest absolute Gasteiger partial charge is 0.381 e. The van der Waals surface area contributed by atoms with Crippen LogP contribution in [0.3, 0.4) is 0 Å². The van der Waals surface area contributed by atoms with Crippen LogP contribution in [0.5, 0.6) is 0 Å². The van der Waals surface area contributed by atoms with Gasteiger partial charge < -0.3 is 10.1 Å². The van der Waals surface area contributed by atoms with Gasteiger partial charge in [-0.1, -0.05) is 18.2 Å².